The van der Waals surface area contributed by atoms with Gasteiger partial charge in [-0.1, -0.05) is 13.0 Å². The minimum atomic E-state index is 0.270. The highest BCUT2D eigenvalue weighted by atomic mass is 16.5. The van der Waals surface area contributed by atoms with E-state index < -0.39 is 0 Å². The fraction of sp³-hybridized carbons (Fsp3) is 0.615. The van der Waals surface area contributed by atoms with E-state index in [1.807, 2.05) is 6.07 Å². The second-order valence-electron chi connectivity index (χ2n) is 4.26. The van der Waals surface area contributed by atoms with Gasteiger partial charge in [0.2, 0.25) is 5.88 Å². The van der Waals surface area contributed by atoms with E-state index in [9.17, 15) is 0 Å². The Morgan fingerprint density at radius 1 is 1.65 bits per heavy atom. The van der Waals surface area contributed by atoms with Crippen LogP contribution in [0, 0.1) is 5.92 Å². The third-order valence-corrected chi connectivity index (χ3v) is 3.19. The minimum absolute atomic E-state index is 0.270. The number of ether oxygens (including phenoxy) is 2. The lowest BCUT2D eigenvalue weighted by atomic mass is 9.93. The molecule has 1 fully saturated rings. The lowest BCUT2D eigenvalue weighted by molar-refractivity contribution is 0.176. The van der Waals surface area contributed by atoms with Crippen LogP contribution in [0.3, 0.4) is 0 Å². The maximum atomic E-state index is 5.48. The number of pyridine rings is 1. The Balaban J connectivity index is 2.24. The third-order valence-electron chi connectivity index (χ3n) is 3.19. The molecule has 1 saturated heterocycles. The van der Waals surface area contributed by atoms with Crippen molar-refractivity contribution in [2.24, 2.45) is 5.92 Å². The van der Waals surface area contributed by atoms with E-state index in [0.717, 1.165) is 31.7 Å². The highest BCUT2D eigenvalue weighted by Crippen LogP contribution is 2.32. The molecule has 94 valence electrons. The van der Waals surface area contributed by atoms with Crippen LogP contribution in [-0.2, 0) is 4.74 Å². The van der Waals surface area contributed by atoms with Gasteiger partial charge in [0.15, 0.2) is 0 Å². The van der Waals surface area contributed by atoms with Crippen molar-refractivity contribution in [1.29, 1.82) is 0 Å². The van der Waals surface area contributed by atoms with Crippen LogP contribution < -0.4 is 10.1 Å². The minimum Gasteiger partial charge on any atom is -0.481 e. The predicted molar refractivity (Wildman–Crippen MR) is 66.1 cm³/mol. The van der Waals surface area contributed by atoms with Gasteiger partial charge in [0.1, 0.15) is 0 Å². The van der Waals surface area contributed by atoms with Gasteiger partial charge >= 0.3 is 0 Å². The highest BCUT2D eigenvalue weighted by Gasteiger charge is 2.28. The molecule has 1 aliphatic rings. The first-order valence-electron chi connectivity index (χ1n) is 6.16. The van der Waals surface area contributed by atoms with Gasteiger partial charge in [0.25, 0.3) is 0 Å². The molecule has 1 aliphatic heterocycles. The van der Waals surface area contributed by atoms with Crippen molar-refractivity contribution in [3.63, 3.8) is 0 Å². The number of methoxy groups -OCH3 is 1. The smallest absolute Gasteiger partial charge is 0.217 e. The third kappa shape index (κ3) is 2.76. The molecule has 17 heavy (non-hydrogen) atoms. The lowest BCUT2D eigenvalue weighted by Gasteiger charge is -2.24. The first-order valence-corrected chi connectivity index (χ1v) is 6.16. The molecule has 0 amide bonds. The van der Waals surface area contributed by atoms with E-state index in [1.165, 1.54) is 0 Å². The van der Waals surface area contributed by atoms with Crippen LogP contribution in [0.2, 0.25) is 0 Å². The fourth-order valence-electron chi connectivity index (χ4n) is 2.38. The van der Waals surface area contributed by atoms with E-state index >= 15 is 0 Å². The predicted octanol–water partition coefficient (Wildman–Crippen LogP) is 1.78. The number of aromatic nitrogens is 1. The maximum absolute atomic E-state index is 5.48. The largest absolute Gasteiger partial charge is 0.481 e. The number of nitrogens with zero attached hydrogens (tertiary/aromatic N) is 1. The SMILES string of the molecule is CCNC(c1cccnc1OC)C1CCOC1. The van der Waals surface area contributed by atoms with Gasteiger partial charge < -0.3 is 14.8 Å². The summed E-state index contributed by atoms with van der Waals surface area (Å²) < 4.78 is 10.8. The Morgan fingerprint density at radius 2 is 2.53 bits per heavy atom. The molecular formula is C13H20N2O2. The zero-order valence-electron chi connectivity index (χ0n) is 10.5. The van der Waals surface area contributed by atoms with E-state index in [-0.39, 0.29) is 6.04 Å². The first-order chi connectivity index (χ1) is 8.36. The molecule has 0 saturated carbocycles. The zero-order valence-corrected chi connectivity index (χ0v) is 10.5. The molecule has 0 aromatic carbocycles. The summed E-state index contributed by atoms with van der Waals surface area (Å²) in [5.41, 5.74) is 1.13. The van der Waals surface area contributed by atoms with Crippen molar-refractivity contribution in [2.75, 3.05) is 26.9 Å². The van der Waals surface area contributed by atoms with Crippen LogP contribution >= 0.6 is 0 Å². The molecule has 2 unspecified atom stereocenters. The summed E-state index contributed by atoms with van der Waals surface area (Å²) in [6.07, 6.45) is 2.85. The van der Waals surface area contributed by atoms with Gasteiger partial charge in [-0.15, -0.1) is 0 Å². The van der Waals surface area contributed by atoms with E-state index in [2.05, 4.69) is 23.3 Å². The summed E-state index contributed by atoms with van der Waals surface area (Å²) in [6.45, 7) is 4.72. The van der Waals surface area contributed by atoms with E-state index in [1.54, 1.807) is 13.3 Å². The summed E-state index contributed by atoms with van der Waals surface area (Å²) in [5, 5.41) is 3.52. The van der Waals surface area contributed by atoms with Crippen molar-refractivity contribution >= 4 is 0 Å². The van der Waals surface area contributed by atoms with Crippen LogP contribution in [0.5, 0.6) is 5.88 Å². The van der Waals surface area contributed by atoms with Crippen molar-refractivity contribution in [1.82, 2.24) is 10.3 Å². The summed E-state index contributed by atoms with van der Waals surface area (Å²) in [5.74, 6) is 1.22. The number of hydrogen-bond donors (Lipinski definition) is 1. The van der Waals surface area contributed by atoms with Crippen molar-refractivity contribution in [3.05, 3.63) is 23.9 Å². The molecule has 0 spiro atoms. The van der Waals surface area contributed by atoms with Crippen LogP contribution in [0.1, 0.15) is 24.9 Å². The number of nitrogens with one attached hydrogen (secondary N) is 1. The van der Waals surface area contributed by atoms with Crippen molar-refractivity contribution in [3.8, 4) is 5.88 Å². The van der Waals surface area contributed by atoms with Crippen LogP contribution in [-0.4, -0.2) is 31.9 Å². The highest BCUT2D eigenvalue weighted by molar-refractivity contribution is 5.29. The zero-order chi connectivity index (χ0) is 12.1. The Kier molecular flexibility index (Phi) is 4.34. The molecule has 0 aliphatic carbocycles. The van der Waals surface area contributed by atoms with Gasteiger partial charge in [-0.25, -0.2) is 4.98 Å². The second kappa shape index (κ2) is 5.98. The maximum Gasteiger partial charge on any atom is 0.217 e. The first kappa shape index (κ1) is 12.3. The Hall–Kier alpha value is -1.13. The summed E-state index contributed by atoms with van der Waals surface area (Å²) in [6, 6.07) is 4.31. The van der Waals surface area contributed by atoms with Gasteiger partial charge in [-0.2, -0.15) is 0 Å². The van der Waals surface area contributed by atoms with Crippen molar-refractivity contribution in [2.45, 2.75) is 19.4 Å². The monoisotopic (exact) mass is 236 g/mol. The molecule has 2 heterocycles. The quantitative estimate of drug-likeness (QED) is 0.846. The molecule has 4 nitrogen and oxygen atoms in total. The Bertz CT molecular complexity index is 351. The fourth-order valence-corrected chi connectivity index (χ4v) is 2.38. The average Bonchev–Trinajstić information content (AvgIpc) is 2.89. The van der Waals surface area contributed by atoms with Gasteiger partial charge in [-0.05, 0) is 19.0 Å². The normalized spacial score (nSPS) is 21.4. The average molecular weight is 236 g/mol. The van der Waals surface area contributed by atoms with Crippen LogP contribution in [0.25, 0.3) is 0 Å². The Labute approximate surface area is 102 Å². The van der Waals surface area contributed by atoms with Crippen molar-refractivity contribution < 1.29 is 9.47 Å². The second-order valence-corrected chi connectivity index (χ2v) is 4.26. The summed E-state index contributed by atoms with van der Waals surface area (Å²) in [7, 11) is 1.67. The van der Waals surface area contributed by atoms with Gasteiger partial charge in [0.05, 0.1) is 13.7 Å². The molecular weight excluding hydrogens is 216 g/mol. The van der Waals surface area contributed by atoms with E-state index in [4.69, 9.17) is 9.47 Å². The molecule has 1 aromatic rings. The molecule has 4 heteroatoms. The standard InChI is InChI=1S/C13H20N2O2/c1-3-14-12(10-6-8-17-9-10)11-5-4-7-15-13(11)16-2/h4-5,7,10,12,14H,3,6,8-9H2,1-2H3. The number of rotatable bonds is 5. The summed E-state index contributed by atoms with van der Waals surface area (Å²) >= 11 is 0. The summed E-state index contributed by atoms with van der Waals surface area (Å²) in [4.78, 5) is 4.27. The Morgan fingerprint density at radius 3 is 3.18 bits per heavy atom. The van der Waals surface area contributed by atoms with Crippen LogP contribution in [0.4, 0.5) is 0 Å². The molecule has 1 N–H and O–H groups in total. The van der Waals surface area contributed by atoms with Gasteiger partial charge in [0, 0.05) is 30.3 Å². The van der Waals surface area contributed by atoms with Gasteiger partial charge in [-0.3, -0.25) is 0 Å². The van der Waals surface area contributed by atoms with E-state index in [0.29, 0.717) is 11.8 Å². The molecule has 2 rings (SSSR count). The molecule has 0 radical (unpaired) electrons. The lowest BCUT2D eigenvalue weighted by Crippen LogP contribution is -2.29. The molecule has 1 aromatic heterocycles. The molecule has 2 atom stereocenters. The number of hydrogen-bond acceptors (Lipinski definition) is 4. The van der Waals surface area contributed by atoms with Crippen LogP contribution in [0.15, 0.2) is 18.3 Å². The topological polar surface area (TPSA) is 43.4 Å². The molecule has 0 bridgehead atoms.